The van der Waals surface area contributed by atoms with Crippen LogP contribution in [0.3, 0.4) is 0 Å². The van der Waals surface area contributed by atoms with Gasteiger partial charge in [0.1, 0.15) is 11.6 Å². The van der Waals surface area contributed by atoms with Crippen molar-refractivity contribution in [3.05, 3.63) is 24.1 Å². The first-order valence-corrected chi connectivity index (χ1v) is 4.61. The van der Waals surface area contributed by atoms with E-state index >= 15 is 0 Å². The molecule has 1 unspecified atom stereocenters. The fraction of sp³-hybridized carbons (Fsp3) is 0.500. The third-order valence-corrected chi connectivity index (χ3v) is 2.19. The number of rotatable bonds is 4. The maximum atomic E-state index is 12.5. The summed E-state index contributed by atoms with van der Waals surface area (Å²) in [7, 11) is 4.04. The van der Waals surface area contributed by atoms with Gasteiger partial charge in [0.2, 0.25) is 0 Å². The lowest BCUT2D eigenvalue weighted by atomic mass is 10.3. The Kier molecular flexibility index (Phi) is 3.83. The molecule has 1 heterocycles. The number of nitrogens with one attached hydrogen (secondary N) is 1. The molecule has 0 saturated carbocycles. The van der Waals surface area contributed by atoms with Gasteiger partial charge in [0.05, 0.1) is 6.20 Å². The van der Waals surface area contributed by atoms with Crippen molar-refractivity contribution in [1.82, 2.24) is 9.88 Å². The number of anilines is 1. The average Bonchev–Trinajstić information content (AvgIpc) is 2.16. The molecule has 1 aromatic rings. The van der Waals surface area contributed by atoms with E-state index in [1.54, 1.807) is 6.07 Å². The molecule has 1 atom stereocenters. The molecular formula is C10H16FN3. The van der Waals surface area contributed by atoms with Gasteiger partial charge < -0.3 is 10.2 Å². The van der Waals surface area contributed by atoms with Crippen LogP contribution in [0.2, 0.25) is 0 Å². The average molecular weight is 197 g/mol. The van der Waals surface area contributed by atoms with Gasteiger partial charge >= 0.3 is 0 Å². The highest BCUT2D eigenvalue weighted by Crippen LogP contribution is 2.03. The highest BCUT2D eigenvalue weighted by molar-refractivity contribution is 5.33. The van der Waals surface area contributed by atoms with Crippen molar-refractivity contribution in [2.75, 3.05) is 26.0 Å². The number of halogens is 1. The Morgan fingerprint density at radius 3 is 2.71 bits per heavy atom. The summed E-state index contributed by atoms with van der Waals surface area (Å²) in [6.45, 7) is 2.90. The molecule has 0 spiro atoms. The summed E-state index contributed by atoms with van der Waals surface area (Å²) in [5.74, 6) is 0.399. The molecule has 0 aromatic carbocycles. The van der Waals surface area contributed by atoms with Gasteiger partial charge in [0, 0.05) is 12.6 Å². The normalized spacial score (nSPS) is 12.9. The highest BCUT2D eigenvalue weighted by Gasteiger charge is 2.03. The number of hydrogen-bond donors (Lipinski definition) is 1. The third-order valence-electron chi connectivity index (χ3n) is 2.19. The molecule has 78 valence electrons. The zero-order valence-corrected chi connectivity index (χ0v) is 8.79. The van der Waals surface area contributed by atoms with E-state index in [1.165, 1.54) is 12.3 Å². The fourth-order valence-electron chi connectivity index (χ4n) is 0.915. The van der Waals surface area contributed by atoms with E-state index in [1.807, 2.05) is 14.1 Å². The summed E-state index contributed by atoms with van der Waals surface area (Å²) in [6.07, 6.45) is 1.21. The Hall–Kier alpha value is -1.16. The topological polar surface area (TPSA) is 28.2 Å². The molecule has 0 bridgehead atoms. The number of nitrogens with zero attached hydrogens (tertiary/aromatic N) is 2. The van der Waals surface area contributed by atoms with E-state index in [4.69, 9.17) is 0 Å². The molecule has 0 aliphatic heterocycles. The van der Waals surface area contributed by atoms with Crippen LogP contribution in [0.25, 0.3) is 0 Å². The lowest BCUT2D eigenvalue weighted by molar-refractivity contribution is 0.326. The molecule has 0 amide bonds. The first kappa shape index (κ1) is 10.9. The molecule has 3 nitrogen and oxygen atoms in total. The van der Waals surface area contributed by atoms with Crippen molar-refractivity contribution >= 4 is 5.82 Å². The summed E-state index contributed by atoms with van der Waals surface area (Å²) < 4.78 is 12.5. The van der Waals surface area contributed by atoms with Crippen molar-refractivity contribution in [2.24, 2.45) is 0 Å². The molecule has 0 aliphatic carbocycles. The summed E-state index contributed by atoms with van der Waals surface area (Å²) in [6, 6.07) is 3.45. The molecule has 0 aliphatic rings. The Bertz CT molecular complexity index is 271. The summed E-state index contributed by atoms with van der Waals surface area (Å²) >= 11 is 0. The van der Waals surface area contributed by atoms with Gasteiger partial charge in [0.15, 0.2) is 0 Å². The van der Waals surface area contributed by atoms with Crippen molar-refractivity contribution < 1.29 is 4.39 Å². The van der Waals surface area contributed by atoms with Gasteiger partial charge in [-0.05, 0) is 33.2 Å². The molecule has 1 aromatic heterocycles. The standard InChI is InChI=1S/C10H16FN3/c1-8(14(2)3)6-12-10-5-4-9(11)7-13-10/h4-5,7-8H,6H2,1-3H3,(H,12,13). The predicted octanol–water partition coefficient (Wildman–Crippen LogP) is 1.58. The molecule has 1 N–H and O–H groups in total. The molecule has 1 rings (SSSR count). The van der Waals surface area contributed by atoms with Gasteiger partial charge in [-0.15, -0.1) is 0 Å². The largest absolute Gasteiger partial charge is 0.369 e. The monoisotopic (exact) mass is 197 g/mol. The van der Waals surface area contributed by atoms with Crippen LogP contribution < -0.4 is 5.32 Å². The maximum absolute atomic E-state index is 12.5. The molecular weight excluding hydrogens is 181 g/mol. The van der Waals surface area contributed by atoms with E-state index in [2.05, 4.69) is 22.1 Å². The molecule has 0 saturated heterocycles. The number of pyridine rings is 1. The van der Waals surface area contributed by atoms with Crippen LogP contribution >= 0.6 is 0 Å². The zero-order valence-electron chi connectivity index (χ0n) is 8.79. The third kappa shape index (κ3) is 3.30. The Morgan fingerprint density at radius 1 is 1.50 bits per heavy atom. The molecule has 14 heavy (non-hydrogen) atoms. The highest BCUT2D eigenvalue weighted by atomic mass is 19.1. The van der Waals surface area contributed by atoms with Gasteiger partial charge in [-0.2, -0.15) is 0 Å². The van der Waals surface area contributed by atoms with E-state index in [0.29, 0.717) is 11.9 Å². The minimum absolute atomic E-state index is 0.309. The zero-order chi connectivity index (χ0) is 10.6. The van der Waals surface area contributed by atoms with Crippen LogP contribution in [0.5, 0.6) is 0 Å². The van der Waals surface area contributed by atoms with Gasteiger partial charge in [0.25, 0.3) is 0 Å². The van der Waals surface area contributed by atoms with Crippen molar-refractivity contribution in [3.8, 4) is 0 Å². The lowest BCUT2D eigenvalue weighted by Crippen LogP contribution is -2.31. The minimum atomic E-state index is -0.309. The molecule has 0 radical (unpaired) electrons. The van der Waals surface area contributed by atoms with Crippen LogP contribution in [0, 0.1) is 5.82 Å². The number of hydrogen-bond acceptors (Lipinski definition) is 3. The number of likely N-dealkylation sites (N-methyl/N-ethyl adjacent to an activating group) is 1. The van der Waals surface area contributed by atoms with Crippen LogP contribution in [-0.4, -0.2) is 36.6 Å². The van der Waals surface area contributed by atoms with Crippen molar-refractivity contribution in [3.63, 3.8) is 0 Å². The Labute approximate surface area is 84.0 Å². The first-order chi connectivity index (χ1) is 6.59. The second-order valence-electron chi connectivity index (χ2n) is 3.56. The molecule has 4 heteroatoms. The smallest absolute Gasteiger partial charge is 0.141 e. The Morgan fingerprint density at radius 2 is 2.21 bits per heavy atom. The van der Waals surface area contributed by atoms with E-state index in [-0.39, 0.29) is 5.82 Å². The SMILES string of the molecule is CC(CNc1ccc(F)cn1)N(C)C. The van der Waals surface area contributed by atoms with E-state index in [0.717, 1.165) is 6.54 Å². The van der Waals surface area contributed by atoms with Crippen LogP contribution in [0.1, 0.15) is 6.92 Å². The second kappa shape index (κ2) is 4.91. The summed E-state index contributed by atoms with van der Waals surface area (Å²) in [5, 5.41) is 3.13. The maximum Gasteiger partial charge on any atom is 0.141 e. The lowest BCUT2D eigenvalue weighted by Gasteiger charge is -2.20. The Balaban J connectivity index is 2.42. The van der Waals surface area contributed by atoms with Crippen molar-refractivity contribution in [1.29, 1.82) is 0 Å². The summed E-state index contributed by atoms with van der Waals surface area (Å²) in [4.78, 5) is 6.01. The summed E-state index contributed by atoms with van der Waals surface area (Å²) in [5.41, 5.74) is 0. The van der Waals surface area contributed by atoms with Crippen molar-refractivity contribution in [2.45, 2.75) is 13.0 Å². The van der Waals surface area contributed by atoms with Gasteiger partial charge in [-0.25, -0.2) is 9.37 Å². The van der Waals surface area contributed by atoms with E-state index in [9.17, 15) is 4.39 Å². The van der Waals surface area contributed by atoms with Gasteiger partial charge in [-0.3, -0.25) is 0 Å². The van der Waals surface area contributed by atoms with Gasteiger partial charge in [-0.1, -0.05) is 0 Å². The van der Waals surface area contributed by atoms with Crippen LogP contribution in [0.15, 0.2) is 18.3 Å². The van der Waals surface area contributed by atoms with E-state index < -0.39 is 0 Å². The minimum Gasteiger partial charge on any atom is -0.369 e. The first-order valence-electron chi connectivity index (χ1n) is 4.61. The number of aromatic nitrogens is 1. The van der Waals surface area contributed by atoms with Crippen LogP contribution in [0.4, 0.5) is 10.2 Å². The fourth-order valence-corrected chi connectivity index (χ4v) is 0.915. The molecule has 0 fully saturated rings. The quantitative estimate of drug-likeness (QED) is 0.794. The predicted molar refractivity (Wildman–Crippen MR) is 55.8 cm³/mol. The second-order valence-corrected chi connectivity index (χ2v) is 3.56. The van der Waals surface area contributed by atoms with Crippen LogP contribution in [-0.2, 0) is 0 Å².